The fourth-order valence-corrected chi connectivity index (χ4v) is 5.30. The van der Waals surface area contributed by atoms with E-state index in [-0.39, 0.29) is 23.6 Å². The van der Waals surface area contributed by atoms with Crippen LogP contribution in [0.5, 0.6) is 0 Å². The third-order valence-corrected chi connectivity index (χ3v) is 7.53. The van der Waals surface area contributed by atoms with Gasteiger partial charge >= 0.3 is 5.69 Å². The molecule has 0 bridgehead atoms. The average Bonchev–Trinajstić information content (AvgIpc) is 3.62. The van der Waals surface area contributed by atoms with Crippen molar-refractivity contribution in [2.45, 2.75) is 33.4 Å². The predicted molar refractivity (Wildman–Crippen MR) is 139 cm³/mol. The monoisotopic (exact) mass is 506 g/mol. The minimum Gasteiger partial charge on any atom is -0.337 e. The molecule has 0 atom stereocenters. The highest BCUT2D eigenvalue weighted by Crippen LogP contribution is 2.32. The van der Waals surface area contributed by atoms with Crippen molar-refractivity contribution in [3.63, 3.8) is 0 Å². The van der Waals surface area contributed by atoms with Gasteiger partial charge in [-0.25, -0.2) is 19.7 Å². The van der Waals surface area contributed by atoms with E-state index in [1.165, 1.54) is 33.8 Å². The number of aromatic nitrogens is 7. The first kappa shape index (κ1) is 23.7. The second-order valence-electron chi connectivity index (χ2n) is 8.80. The molecule has 0 fully saturated rings. The summed E-state index contributed by atoms with van der Waals surface area (Å²) in [4.78, 5) is 53.6. The number of imidazole rings is 2. The number of carbonyl (C=O) groups excluding carboxylic acids is 1. The number of hydrogen-bond acceptors (Lipinski definition) is 7. The zero-order valence-electron chi connectivity index (χ0n) is 20.5. The Balaban J connectivity index is 1.50. The topological polar surface area (TPSA) is 113 Å². The molecule has 5 rings (SSSR count). The zero-order valence-corrected chi connectivity index (χ0v) is 21.3. The van der Waals surface area contributed by atoms with Gasteiger partial charge in [-0.05, 0) is 37.5 Å². The number of rotatable bonds is 7. The molecule has 0 aliphatic rings. The number of fused-ring (bicyclic) bond motifs is 2. The molecule has 0 aliphatic heterocycles. The van der Waals surface area contributed by atoms with Gasteiger partial charge in [0.2, 0.25) is 5.91 Å². The summed E-state index contributed by atoms with van der Waals surface area (Å²) in [6.07, 6.45) is 7.47. The van der Waals surface area contributed by atoms with Gasteiger partial charge in [0.15, 0.2) is 16.3 Å². The third kappa shape index (κ3) is 4.02. The van der Waals surface area contributed by atoms with E-state index in [1.54, 1.807) is 24.5 Å². The van der Waals surface area contributed by atoms with Crippen LogP contribution in [0.15, 0.2) is 46.8 Å². The molecule has 0 spiro atoms. The van der Waals surface area contributed by atoms with Crippen molar-refractivity contribution in [1.82, 2.24) is 33.2 Å². The molecule has 0 N–H and O–H groups in total. The van der Waals surface area contributed by atoms with Gasteiger partial charge in [0.05, 0.1) is 22.9 Å². The molecular formula is C24H26N8O3S. The molecule has 1 amide bonds. The molecule has 36 heavy (non-hydrogen) atoms. The van der Waals surface area contributed by atoms with Crippen LogP contribution < -0.4 is 16.1 Å². The van der Waals surface area contributed by atoms with Crippen molar-refractivity contribution in [2.75, 3.05) is 11.4 Å². The summed E-state index contributed by atoms with van der Waals surface area (Å²) in [5.74, 6) is -0.218. The van der Waals surface area contributed by atoms with Gasteiger partial charge < -0.3 is 9.13 Å². The number of hydrogen-bond donors (Lipinski definition) is 0. The Hall–Kier alpha value is -4.06. The highest BCUT2D eigenvalue weighted by atomic mass is 32.1. The number of amides is 1. The van der Waals surface area contributed by atoms with E-state index < -0.39 is 11.2 Å². The first-order valence-corrected chi connectivity index (χ1v) is 12.3. The van der Waals surface area contributed by atoms with Crippen LogP contribution in [-0.4, -0.2) is 45.7 Å². The maximum absolute atomic E-state index is 13.7. The van der Waals surface area contributed by atoms with E-state index in [9.17, 15) is 14.4 Å². The molecule has 0 radical (unpaired) electrons. The normalized spacial score (nSPS) is 11.6. The summed E-state index contributed by atoms with van der Waals surface area (Å²) in [6.45, 7) is 5.11. The zero-order chi connectivity index (χ0) is 25.6. The number of aryl methyl sites for hydroxylation is 4. The summed E-state index contributed by atoms with van der Waals surface area (Å²) in [6, 6.07) is 4.09. The number of nitrogens with zero attached hydrogens (tertiary/aromatic N) is 8. The molecule has 186 valence electrons. The lowest BCUT2D eigenvalue weighted by molar-refractivity contribution is -0.119. The van der Waals surface area contributed by atoms with Crippen LogP contribution in [0.3, 0.4) is 0 Å². The highest BCUT2D eigenvalue weighted by Gasteiger charge is 2.23. The second-order valence-corrected chi connectivity index (χ2v) is 9.81. The molecule has 0 saturated heterocycles. The van der Waals surface area contributed by atoms with Crippen molar-refractivity contribution in [3.05, 3.63) is 69.1 Å². The summed E-state index contributed by atoms with van der Waals surface area (Å²) >= 11 is 1.47. The van der Waals surface area contributed by atoms with Crippen LogP contribution in [-0.2, 0) is 32.0 Å². The lowest BCUT2D eigenvalue weighted by atomic mass is 10.1. The molecular weight excluding hydrogens is 480 g/mol. The van der Waals surface area contributed by atoms with E-state index in [2.05, 4.69) is 16.0 Å². The van der Waals surface area contributed by atoms with Crippen molar-refractivity contribution < 1.29 is 4.79 Å². The van der Waals surface area contributed by atoms with Gasteiger partial charge in [0, 0.05) is 39.6 Å². The van der Waals surface area contributed by atoms with Crippen molar-refractivity contribution in [1.29, 1.82) is 0 Å². The van der Waals surface area contributed by atoms with Gasteiger partial charge in [-0.15, -0.1) is 0 Å². The van der Waals surface area contributed by atoms with Crippen LogP contribution in [0.4, 0.5) is 5.13 Å². The fourth-order valence-electron chi connectivity index (χ4n) is 4.24. The van der Waals surface area contributed by atoms with Crippen LogP contribution in [0.25, 0.3) is 21.4 Å². The van der Waals surface area contributed by atoms with E-state index in [1.807, 2.05) is 30.7 Å². The second kappa shape index (κ2) is 9.19. The van der Waals surface area contributed by atoms with Crippen molar-refractivity contribution in [2.24, 2.45) is 14.1 Å². The lowest BCUT2D eigenvalue weighted by Crippen LogP contribution is -2.39. The number of carbonyl (C=O) groups is 1. The summed E-state index contributed by atoms with van der Waals surface area (Å²) in [5.41, 5.74) is 2.62. The van der Waals surface area contributed by atoms with Crippen LogP contribution in [0.2, 0.25) is 0 Å². The van der Waals surface area contributed by atoms with Crippen LogP contribution in [0, 0.1) is 13.8 Å². The molecule has 4 aromatic heterocycles. The Bertz CT molecular complexity index is 1710. The molecule has 11 nitrogen and oxygen atoms in total. The number of anilines is 1. The van der Waals surface area contributed by atoms with Crippen molar-refractivity contribution in [3.8, 4) is 0 Å². The standard InChI is InChI=1S/C24H26N8O3S/c1-15-6-7-17-19(16(15)2)27-23(36-17)32(10-5-9-30-11-8-25-13-30)18(33)12-31-14-26-21-20(31)22(34)29(4)24(35)28(21)3/h6-8,11,13-14H,5,9-10,12H2,1-4H3. The summed E-state index contributed by atoms with van der Waals surface area (Å²) < 4.78 is 6.80. The largest absolute Gasteiger partial charge is 0.337 e. The number of benzene rings is 1. The van der Waals surface area contributed by atoms with Crippen molar-refractivity contribution >= 4 is 43.8 Å². The summed E-state index contributed by atoms with van der Waals surface area (Å²) in [5, 5.41) is 0.610. The molecule has 0 unspecified atom stereocenters. The van der Waals surface area contributed by atoms with Crippen LogP contribution in [0.1, 0.15) is 17.5 Å². The maximum atomic E-state index is 13.7. The Morgan fingerprint density at radius 3 is 2.67 bits per heavy atom. The smallest absolute Gasteiger partial charge is 0.332 e. The minimum absolute atomic E-state index is 0.108. The van der Waals surface area contributed by atoms with Crippen LogP contribution >= 0.6 is 11.3 Å². The Morgan fingerprint density at radius 2 is 1.92 bits per heavy atom. The Kier molecular flexibility index (Phi) is 6.04. The van der Waals surface area contributed by atoms with E-state index >= 15 is 0 Å². The van der Waals surface area contributed by atoms with Gasteiger partial charge in [-0.2, -0.15) is 0 Å². The Labute approximate surface area is 209 Å². The predicted octanol–water partition coefficient (Wildman–Crippen LogP) is 1.98. The number of thiazole rings is 1. The van der Waals surface area contributed by atoms with Gasteiger partial charge in [-0.1, -0.05) is 17.4 Å². The molecule has 5 aromatic rings. The van der Waals surface area contributed by atoms with E-state index in [0.29, 0.717) is 24.6 Å². The molecule has 12 heteroatoms. The molecule has 1 aromatic carbocycles. The first-order chi connectivity index (χ1) is 17.3. The molecule has 4 heterocycles. The third-order valence-electron chi connectivity index (χ3n) is 6.49. The maximum Gasteiger partial charge on any atom is 0.332 e. The SMILES string of the molecule is Cc1ccc2sc(N(CCCn3ccnc3)C(=O)Cn3cnc4c3c(=O)n(C)c(=O)n4C)nc2c1C. The summed E-state index contributed by atoms with van der Waals surface area (Å²) in [7, 11) is 2.97. The molecule has 0 aliphatic carbocycles. The van der Waals surface area contributed by atoms with E-state index in [0.717, 1.165) is 25.9 Å². The van der Waals surface area contributed by atoms with Gasteiger partial charge in [0.1, 0.15) is 6.54 Å². The Morgan fingerprint density at radius 1 is 1.11 bits per heavy atom. The van der Waals surface area contributed by atoms with E-state index in [4.69, 9.17) is 4.98 Å². The van der Waals surface area contributed by atoms with Gasteiger partial charge in [0.25, 0.3) is 5.56 Å². The average molecular weight is 507 g/mol. The molecule has 0 saturated carbocycles. The quantitative estimate of drug-likeness (QED) is 0.334. The highest BCUT2D eigenvalue weighted by molar-refractivity contribution is 7.22. The first-order valence-electron chi connectivity index (χ1n) is 11.5. The van der Waals surface area contributed by atoms with Gasteiger partial charge in [-0.3, -0.25) is 23.6 Å². The minimum atomic E-state index is -0.490. The lowest BCUT2D eigenvalue weighted by Gasteiger charge is -2.20. The fraction of sp³-hybridized carbons (Fsp3) is 0.333.